The van der Waals surface area contributed by atoms with Gasteiger partial charge in [-0.1, -0.05) is 139 Å². The van der Waals surface area contributed by atoms with E-state index < -0.39 is 0 Å². The molecule has 2 nitrogen and oxygen atoms in total. The second-order valence-electron chi connectivity index (χ2n) is 12.3. The van der Waals surface area contributed by atoms with Gasteiger partial charge in [0.25, 0.3) is 0 Å². The summed E-state index contributed by atoms with van der Waals surface area (Å²) in [5, 5.41) is 2.04. The van der Waals surface area contributed by atoms with Gasteiger partial charge in [0.1, 0.15) is 0 Å². The Kier molecular flexibility index (Phi) is 6.48. The topological polar surface area (TPSA) is 8.17 Å². The van der Waals surface area contributed by atoms with Crippen LogP contribution in [-0.2, 0) is 0 Å². The molecule has 0 aliphatic heterocycles. The van der Waals surface area contributed by atoms with Crippen LogP contribution in [0.3, 0.4) is 0 Å². The summed E-state index contributed by atoms with van der Waals surface area (Å²) < 4.78 is 39.6. The Morgan fingerprint density at radius 3 is 1.50 bits per heavy atom. The van der Waals surface area contributed by atoms with Crippen molar-refractivity contribution in [3.05, 3.63) is 206 Å². The van der Waals surface area contributed by atoms with E-state index in [1.54, 1.807) is 0 Å². The maximum Gasteiger partial charge on any atom is 0.0651 e. The number of nitrogens with zero attached hydrogens (tertiary/aromatic N) is 2. The van der Waals surface area contributed by atoms with E-state index in [1.807, 2.05) is 138 Å². The predicted molar refractivity (Wildman–Crippen MR) is 212 cm³/mol. The average Bonchev–Trinajstić information content (AvgIpc) is 3.56. The maximum atomic E-state index is 9.79. The highest BCUT2D eigenvalue weighted by Crippen LogP contribution is 2.40. The zero-order chi connectivity index (χ0) is 36.8. The number of anilines is 3. The van der Waals surface area contributed by atoms with Crippen molar-refractivity contribution in [2.24, 2.45) is 0 Å². The molecule has 9 rings (SSSR count). The second-order valence-corrected chi connectivity index (χ2v) is 12.3. The molecule has 0 atom stereocenters. The molecular formula is C48H34N2. The lowest BCUT2D eigenvalue weighted by atomic mass is 10.0. The minimum atomic E-state index is -0.227. The summed E-state index contributed by atoms with van der Waals surface area (Å²) in [6, 6.07) is 60.4. The molecule has 0 spiro atoms. The molecule has 0 N–H and O–H groups in total. The van der Waals surface area contributed by atoms with Crippen molar-refractivity contribution in [2.75, 3.05) is 4.90 Å². The molecule has 0 radical (unpaired) electrons. The quantitative estimate of drug-likeness (QED) is 0.168. The first-order valence-corrected chi connectivity index (χ1v) is 16.8. The van der Waals surface area contributed by atoms with Crippen LogP contribution in [0.5, 0.6) is 0 Å². The first-order chi connectivity index (χ1) is 26.5. The molecule has 2 heteroatoms. The Labute approximate surface area is 298 Å². The SMILES string of the molecule is [2H]c1c([2H])c(-c2ccc3c(c2)c2ccccc2n3-c2ccccc2)c([2H])c(N(c2ccc(-c3ccccc3)cc2)c2ccc(-c3ccccc3)cc2)c1[2H]. The minimum Gasteiger partial charge on any atom is -0.310 e. The van der Waals surface area contributed by atoms with Crippen LogP contribution in [0.2, 0.25) is 0 Å². The number of hydrogen-bond donors (Lipinski definition) is 0. The Bertz CT molecular complexity index is 2700. The standard InChI is InChI=1S/C48H34N2/c1-4-13-35(14-5-1)37-23-28-42(29-24-37)49(43-30-25-38(26-31-43)36-15-6-2-7-16-36)44-20-12-17-39(33-44)40-27-32-48-46(34-40)45-21-10-11-22-47(45)50(48)41-18-8-3-9-19-41/h1-34H/i12D,17D,20D,33D. The van der Waals surface area contributed by atoms with Crippen LogP contribution >= 0.6 is 0 Å². The zero-order valence-corrected chi connectivity index (χ0v) is 27.2. The number of para-hydroxylation sites is 2. The van der Waals surface area contributed by atoms with Crippen molar-refractivity contribution < 1.29 is 5.48 Å². The number of fused-ring (bicyclic) bond motifs is 3. The summed E-state index contributed by atoms with van der Waals surface area (Å²) in [5.74, 6) is 0. The third kappa shape index (κ3) is 5.43. The van der Waals surface area contributed by atoms with Gasteiger partial charge in [0.05, 0.1) is 16.5 Å². The van der Waals surface area contributed by atoms with Gasteiger partial charge in [-0.15, -0.1) is 0 Å². The summed E-state index contributed by atoms with van der Waals surface area (Å²) in [6.45, 7) is 0. The fourth-order valence-corrected chi connectivity index (χ4v) is 6.85. The van der Waals surface area contributed by atoms with Gasteiger partial charge < -0.3 is 9.47 Å². The highest BCUT2D eigenvalue weighted by molar-refractivity contribution is 6.10. The van der Waals surface area contributed by atoms with Crippen LogP contribution in [0.4, 0.5) is 17.1 Å². The molecule has 9 aromatic rings. The second kappa shape index (κ2) is 12.8. The molecule has 1 heterocycles. The number of benzene rings is 8. The van der Waals surface area contributed by atoms with E-state index in [-0.39, 0.29) is 29.9 Å². The van der Waals surface area contributed by atoms with Gasteiger partial charge in [-0.05, 0) is 100 Å². The lowest BCUT2D eigenvalue weighted by molar-refractivity contribution is 1.18. The molecular weight excluding hydrogens is 605 g/mol. The molecule has 0 fully saturated rings. The molecule has 0 aliphatic carbocycles. The smallest absolute Gasteiger partial charge is 0.0651 e. The van der Waals surface area contributed by atoms with Crippen LogP contribution in [0.1, 0.15) is 5.48 Å². The molecule has 0 saturated heterocycles. The van der Waals surface area contributed by atoms with E-state index in [9.17, 15) is 2.74 Å². The zero-order valence-electron chi connectivity index (χ0n) is 31.2. The van der Waals surface area contributed by atoms with Gasteiger partial charge in [-0.2, -0.15) is 0 Å². The third-order valence-electron chi connectivity index (χ3n) is 9.28. The van der Waals surface area contributed by atoms with Crippen LogP contribution in [0.25, 0.3) is 60.9 Å². The molecule has 0 bridgehead atoms. The Morgan fingerprint density at radius 1 is 0.380 bits per heavy atom. The average molecular weight is 643 g/mol. The maximum absolute atomic E-state index is 9.79. The molecule has 236 valence electrons. The summed E-state index contributed by atoms with van der Waals surface area (Å²) in [5.41, 5.74) is 10.1. The largest absolute Gasteiger partial charge is 0.310 e. The normalized spacial score (nSPS) is 12.3. The molecule has 8 aromatic carbocycles. The van der Waals surface area contributed by atoms with Crippen molar-refractivity contribution in [1.29, 1.82) is 0 Å². The highest BCUT2D eigenvalue weighted by atomic mass is 15.1. The monoisotopic (exact) mass is 642 g/mol. The van der Waals surface area contributed by atoms with Crippen molar-refractivity contribution in [3.63, 3.8) is 0 Å². The van der Waals surface area contributed by atoms with Crippen LogP contribution < -0.4 is 4.90 Å². The molecule has 0 saturated carbocycles. The van der Waals surface area contributed by atoms with Crippen LogP contribution in [0, 0.1) is 0 Å². The van der Waals surface area contributed by atoms with Crippen LogP contribution in [-0.4, -0.2) is 4.57 Å². The minimum absolute atomic E-state index is 0.0198. The highest BCUT2D eigenvalue weighted by Gasteiger charge is 2.16. The molecule has 0 unspecified atom stereocenters. The Balaban J connectivity index is 1.24. The van der Waals surface area contributed by atoms with Gasteiger partial charge in [0, 0.05) is 33.5 Å². The lowest BCUT2D eigenvalue weighted by Crippen LogP contribution is -2.10. The van der Waals surface area contributed by atoms with Crippen molar-refractivity contribution in [2.45, 2.75) is 0 Å². The molecule has 50 heavy (non-hydrogen) atoms. The fourth-order valence-electron chi connectivity index (χ4n) is 6.85. The van der Waals surface area contributed by atoms with Gasteiger partial charge in [-0.3, -0.25) is 0 Å². The van der Waals surface area contributed by atoms with Crippen LogP contribution in [0.15, 0.2) is 206 Å². The number of aromatic nitrogens is 1. The number of rotatable bonds is 7. The van der Waals surface area contributed by atoms with E-state index >= 15 is 0 Å². The molecule has 1 aromatic heterocycles. The van der Waals surface area contributed by atoms with Crippen molar-refractivity contribution in [1.82, 2.24) is 4.57 Å². The van der Waals surface area contributed by atoms with Gasteiger partial charge in [0.2, 0.25) is 0 Å². The van der Waals surface area contributed by atoms with Gasteiger partial charge >= 0.3 is 0 Å². The van der Waals surface area contributed by atoms with E-state index in [1.165, 1.54) is 0 Å². The number of hydrogen-bond acceptors (Lipinski definition) is 1. The lowest BCUT2D eigenvalue weighted by Gasteiger charge is -2.26. The van der Waals surface area contributed by atoms with Crippen molar-refractivity contribution >= 4 is 38.9 Å². The van der Waals surface area contributed by atoms with E-state index in [0.29, 0.717) is 11.1 Å². The molecule has 0 aliphatic rings. The summed E-state index contributed by atoms with van der Waals surface area (Å²) in [7, 11) is 0. The summed E-state index contributed by atoms with van der Waals surface area (Å²) in [6.07, 6.45) is 0. The third-order valence-corrected chi connectivity index (χ3v) is 9.28. The first kappa shape index (κ1) is 25.4. The van der Waals surface area contributed by atoms with E-state index in [2.05, 4.69) is 53.1 Å². The summed E-state index contributed by atoms with van der Waals surface area (Å²) >= 11 is 0. The van der Waals surface area contributed by atoms with E-state index in [4.69, 9.17) is 2.74 Å². The Morgan fingerprint density at radius 2 is 0.880 bits per heavy atom. The van der Waals surface area contributed by atoms with Crippen molar-refractivity contribution in [3.8, 4) is 39.1 Å². The van der Waals surface area contributed by atoms with Gasteiger partial charge in [-0.25, -0.2) is 0 Å². The first-order valence-electron chi connectivity index (χ1n) is 18.8. The summed E-state index contributed by atoms with van der Waals surface area (Å²) in [4.78, 5) is 1.88. The Hall–Kier alpha value is -6.64. The fraction of sp³-hybridized carbons (Fsp3) is 0. The van der Waals surface area contributed by atoms with Gasteiger partial charge in [0.15, 0.2) is 0 Å². The van der Waals surface area contributed by atoms with E-state index in [0.717, 1.165) is 61.1 Å². The molecule has 0 amide bonds. The predicted octanol–water partition coefficient (Wildman–Crippen LogP) is 13.3.